The number of carbonyl (C=O) groups is 1. The zero-order valence-electron chi connectivity index (χ0n) is 5.02. The summed E-state index contributed by atoms with van der Waals surface area (Å²) in [6, 6.07) is 0. The van der Waals surface area contributed by atoms with Gasteiger partial charge < -0.3 is 9.90 Å². The molecule has 0 unspecified atom stereocenters. The molecule has 0 aromatic carbocycles. The van der Waals surface area contributed by atoms with E-state index in [1.54, 1.807) is 0 Å². The zero-order valence-corrected chi connectivity index (χ0v) is 5.02. The molecule has 0 aromatic heterocycles. The number of rotatable bonds is 1. The van der Waals surface area contributed by atoms with Gasteiger partial charge in [-0.15, -0.1) is 0 Å². The largest absolute Gasteiger partial charge is 1.00 e. The Balaban J connectivity index is 0.000000490. The topological polar surface area (TPSA) is 40.1 Å². The normalized spacial score (nSPS) is 18.5. The summed E-state index contributed by atoms with van der Waals surface area (Å²) in [6.07, 6.45) is 2.74. The molecule has 0 aliphatic heterocycles. The first-order valence-corrected chi connectivity index (χ1v) is 2.51. The van der Waals surface area contributed by atoms with E-state index in [2.05, 4.69) is 0 Å². The van der Waals surface area contributed by atoms with Crippen molar-refractivity contribution in [3.63, 3.8) is 0 Å². The van der Waals surface area contributed by atoms with Crippen molar-refractivity contribution in [1.29, 1.82) is 0 Å². The Bertz CT molecular complexity index is 88.4. The summed E-state index contributed by atoms with van der Waals surface area (Å²) in [5.74, 6) is -0.980. The standard InChI is InChI=1S/C5H8O2.Li/c6-5(7)4-2-1-3-4;/h4H,1-3H2,(H,6,7);/q;+1/p-1. The SMILES string of the molecule is O=C([O-])C1CCC1.[Li+]. The summed E-state index contributed by atoms with van der Waals surface area (Å²) in [5.41, 5.74) is 0. The molecular formula is C5H7LiO2. The first-order valence-electron chi connectivity index (χ1n) is 2.51. The average Bonchev–Trinajstić information content (AvgIpc) is 1.23. The molecule has 3 heteroatoms. The van der Waals surface area contributed by atoms with Gasteiger partial charge in [-0.1, -0.05) is 6.42 Å². The van der Waals surface area contributed by atoms with E-state index in [0.29, 0.717) is 0 Å². The summed E-state index contributed by atoms with van der Waals surface area (Å²) in [5, 5.41) is 9.87. The van der Waals surface area contributed by atoms with Crippen molar-refractivity contribution in [3.05, 3.63) is 0 Å². The van der Waals surface area contributed by atoms with Crippen LogP contribution in [0.4, 0.5) is 0 Å². The van der Waals surface area contributed by atoms with Gasteiger partial charge in [0.2, 0.25) is 0 Å². The molecule has 0 bridgehead atoms. The maximum absolute atomic E-state index is 9.87. The molecule has 0 aromatic rings. The van der Waals surface area contributed by atoms with Crippen molar-refractivity contribution in [3.8, 4) is 0 Å². The predicted molar refractivity (Wildman–Crippen MR) is 22.3 cm³/mol. The Morgan fingerprint density at radius 1 is 1.50 bits per heavy atom. The third-order valence-electron chi connectivity index (χ3n) is 1.44. The van der Waals surface area contributed by atoms with Gasteiger partial charge in [0, 0.05) is 5.97 Å². The summed E-state index contributed by atoms with van der Waals surface area (Å²) in [7, 11) is 0. The van der Waals surface area contributed by atoms with Gasteiger partial charge in [-0.25, -0.2) is 0 Å². The van der Waals surface area contributed by atoms with Crippen LogP contribution in [0, 0.1) is 5.92 Å². The monoisotopic (exact) mass is 106 g/mol. The van der Waals surface area contributed by atoms with Crippen LogP contribution >= 0.6 is 0 Å². The van der Waals surface area contributed by atoms with Crippen molar-refractivity contribution >= 4 is 5.97 Å². The van der Waals surface area contributed by atoms with Crippen molar-refractivity contribution in [1.82, 2.24) is 0 Å². The molecule has 0 amide bonds. The Morgan fingerprint density at radius 3 is 2.00 bits per heavy atom. The van der Waals surface area contributed by atoms with E-state index >= 15 is 0 Å². The Kier molecular flexibility index (Phi) is 3.19. The first-order chi connectivity index (χ1) is 3.30. The minimum atomic E-state index is -0.869. The van der Waals surface area contributed by atoms with Gasteiger partial charge in [-0.05, 0) is 18.8 Å². The van der Waals surface area contributed by atoms with Crippen molar-refractivity contribution < 1.29 is 28.8 Å². The second-order valence-corrected chi connectivity index (χ2v) is 1.95. The number of carboxylic acids is 1. The number of carbonyl (C=O) groups excluding carboxylic acids is 1. The van der Waals surface area contributed by atoms with E-state index in [1.165, 1.54) is 0 Å². The zero-order chi connectivity index (χ0) is 5.28. The molecule has 0 spiro atoms. The molecule has 0 radical (unpaired) electrons. The second-order valence-electron chi connectivity index (χ2n) is 1.95. The minimum absolute atomic E-state index is 0. The van der Waals surface area contributed by atoms with Gasteiger partial charge >= 0.3 is 18.9 Å². The first kappa shape index (κ1) is 8.07. The molecule has 2 nitrogen and oxygen atoms in total. The average molecular weight is 106 g/mol. The molecule has 1 fully saturated rings. The van der Waals surface area contributed by atoms with Crippen molar-refractivity contribution in [2.45, 2.75) is 19.3 Å². The molecule has 0 heterocycles. The summed E-state index contributed by atoms with van der Waals surface area (Å²) in [6.45, 7) is 0. The van der Waals surface area contributed by atoms with E-state index in [4.69, 9.17) is 0 Å². The number of hydrogen-bond donors (Lipinski definition) is 0. The smallest absolute Gasteiger partial charge is 0.550 e. The third kappa shape index (κ3) is 1.54. The van der Waals surface area contributed by atoms with Crippen LogP contribution in [0.2, 0.25) is 0 Å². The van der Waals surface area contributed by atoms with Gasteiger partial charge in [0.1, 0.15) is 0 Å². The van der Waals surface area contributed by atoms with Crippen LogP contribution in [0.3, 0.4) is 0 Å². The maximum atomic E-state index is 9.87. The van der Waals surface area contributed by atoms with Crippen LogP contribution in [0.25, 0.3) is 0 Å². The van der Waals surface area contributed by atoms with Gasteiger partial charge in [0.15, 0.2) is 0 Å². The Hall–Kier alpha value is 0.0674. The van der Waals surface area contributed by atoms with E-state index < -0.39 is 5.97 Å². The molecule has 8 heavy (non-hydrogen) atoms. The summed E-state index contributed by atoms with van der Waals surface area (Å²) >= 11 is 0. The quantitative estimate of drug-likeness (QED) is 0.326. The molecule has 0 saturated heterocycles. The van der Waals surface area contributed by atoms with Crippen LogP contribution < -0.4 is 24.0 Å². The Labute approximate surface area is 60.4 Å². The van der Waals surface area contributed by atoms with Gasteiger partial charge in [0.25, 0.3) is 0 Å². The van der Waals surface area contributed by atoms with E-state index in [0.717, 1.165) is 19.3 Å². The van der Waals surface area contributed by atoms with Crippen LogP contribution in [0.5, 0.6) is 0 Å². The molecule has 1 saturated carbocycles. The molecule has 40 valence electrons. The number of hydrogen-bond acceptors (Lipinski definition) is 2. The predicted octanol–water partition coefficient (Wildman–Crippen LogP) is -3.46. The van der Waals surface area contributed by atoms with Gasteiger partial charge in [-0.3, -0.25) is 0 Å². The van der Waals surface area contributed by atoms with E-state index in [9.17, 15) is 9.90 Å². The summed E-state index contributed by atoms with van der Waals surface area (Å²) < 4.78 is 0. The number of aliphatic carboxylic acids is 1. The van der Waals surface area contributed by atoms with E-state index in [-0.39, 0.29) is 24.8 Å². The fraction of sp³-hybridized carbons (Fsp3) is 0.800. The molecule has 1 aliphatic rings. The molecular weight excluding hydrogens is 99.0 g/mol. The Morgan fingerprint density at radius 2 is 2.00 bits per heavy atom. The van der Waals surface area contributed by atoms with Gasteiger partial charge in [-0.2, -0.15) is 0 Å². The van der Waals surface area contributed by atoms with Crippen LogP contribution in [0.15, 0.2) is 0 Å². The second kappa shape index (κ2) is 3.16. The van der Waals surface area contributed by atoms with E-state index in [1.807, 2.05) is 0 Å². The number of carboxylic acid groups (broad SMARTS) is 1. The van der Waals surface area contributed by atoms with Crippen molar-refractivity contribution in [2.24, 2.45) is 5.92 Å². The fourth-order valence-electron chi connectivity index (χ4n) is 0.644. The van der Waals surface area contributed by atoms with Crippen molar-refractivity contribution in [2.75, 3.05) is 0 Å². The van der Waals surface area contributed by atoms with Crippen LogP contribution in [-0.4, -0.2) is 5.97 Å². The molecule has 1 rings (SSSR count). The van der Waals surface area contributed by atoms with Crippen LogP contribution in [-0.2, 0) is 4.79 Å². The fourth-order valence-corrected chi connectivity index (χ4v) is 0.644. The van der Waals surface area contributed by atoms with Gasteiger partial charge in [0.05, 0.1) is 0 Å². The summed E-state index contributed by atoms with van der Waals surface area (Å²) in [4.78, 5) is 9.87. The minimum Gasteiger partial charge on any atom is -0.550 e. The molecule has 1 aliphatic carbocycles. The maximum Gasteiger partial charge on any atom is 1.00 e. The molecule has 0 atom stereocenters. The van der Waals surface area contributed by atoms with Crippen LogP contribution in [0.1, 0.15) is 19.3 Å². The third-order valence-corrected chi connectivity index (χ3v) is 1.44. The molecule has 0 N–H and O–H groups in total.